The highest BCUT2D eigenvalue weighted by Gasteiger charge is 2.48. The average molecular weight is 588 g/mol. The summed E-state index contributed by atoms with van der Waals surface area (Å²) >= 11 is 0. The second-order valence-corrected chi connectivity index (χ2v) is 12.5. The van der Waals surface area contributed by atoms with Crippen molar-refractivity contribution in [3.05, 3.63) is 175 Å². The number of hydrogen-bond acceptors (Lipinski definition) is 2. The first-order chi connectivity index (χ1) is 22.9. The molecule has 216 valence electrons. The molecule has 3 aliphatic rings. The van der Waals surface area contributed by atoms with E-state index in [0.29, 0.717) is 0 Å². The average Bonchev–Trinajstić information content (AvgIpc) is 3.46. The van der Waals surface area contributed by atoms with Crippen molar-refractivity contribution in [1.82, 2.24) is 4.57 Å². The van der Waals surface area contributed by atoms with Crippen molar-refractivity contribution in [3.63, 3.8) is 0 Å². The van der Waals surface area contributed by atoms with Crippen LogP contribution in [0.1, 0.15) is 6.42 Å². The molecule has 3 nitrogen and oxygen atoms in total. The van der Waals surface area contributed by atoms with Gasteiger partial charge in [-0.3, -0.25) is 0 Å². The summed E-state index contributed by atoms with van der Waals surface area (Å²) in [4.78, 5) is 5.12. The summed E-state index contributed by atoms with van der Waals surface area (Å²) in [6, 6.07) is 57.8. The fourth-order valence-corrected chi connectivity index (χ4v) is 8.38. The third kappa shape index (κ3) is 3.55. The monoisotopic (exact) mass is 587 g/mol. The van der Waals surface area contributed by atoms with Gasteiger partial charge < -0.3 is 14.4 Å². The van der Waals surface area contributed by atoms with Crippen LogP contribution < -0.4 is 20.7 Å². The lowest BCUT2D eigenvalue weighted by Crippen LogP contribution is -2.61. The van der Waals surface area contributed by atoms with Crippen molar-refractivity contribution in [2.45, 2.75) is 12.5 Å². The van der Waals surface area contributed by atoms with Gasteiger partial charge in [0.1, 0.15) is 0 Å². The predicted octanol–water partition coefficient (Wildman–Crippen LogP) is 8.81. The molecule has 0 N–H and O–H groups in total. The number of para-hydroxylation sites is 6. The summed E-state index contributed by atoms with van der Waals surface area (Å²) in [5, 5.41) is 2.58. The lowest BCUT2D eigenvalue weighted by Gasteiger charge is -2.50. The normalized spacial score (nSPS) is 16.7. The standard InChI is InChI=1S/C42H30BN3/c1-3-15-29(16-4-1)44-38-25-13-9-21-34(38)43-35-22-10-14-26-39(35)45(30-17-5-2-6-18-30)41-28-31(27-40(44)42(41)43)46-36-23-11-7-19-32(36)33-20-8-12-24-37(33)46/h1-27,41H,28H2. The number of nitrogens with zero attached hydrogens (tertiary/aromatic N) is 3. The Balaban J connectivity index is 1.33. The maximum absolute atomic E-state index is 2.61. The van der Waals surface area contributed by atoms with E-state index in [1.54, 1.807) is 0 Å². The van der Waals surface area contributed by atoms with E-state index in [4.69, 9.17) is 0 Å². The zero-order chi connectivity index (χ0) is 30.2. The fourth-order valence-electron chi connectivity index (χ4n) is 8.38. The molecule has 0 spiro atoms. The summed E-state index contributed by atoms with van der Waals surface area (Å²) in [7, 11) is 0. The van der Waals surface area contributed by atoms with E-state index >= 15 is 0 Å². The van der Waals surface area contributed by atoms with E-state index in [1.165, 1.54) is 72.3 Å². The molecule has 1 atom stereocenters. The van der Waals surface area contributed by atoms with Crippen molar-refractivity contribution >= 4 is 67.9 Å². The van der Waals surface area contributed by atoms with Gasteiger partial charge in [-0.2, -0.15) is 0 Å². The van der Waals surface area contributed by atoms with Gasteiger partial charge in [-0.25, -0.2) is 0 Å². The molecular weight excluding hydrogens is 557 g/mol. The molecule has 46 heavy (non-hydrogen) atoms. The largest absolute Gasteiger partial charge is 0.335 e. The van der Waals surface area contributed by atoms with E-state index < -0.39 is 0 Å². The Morgan fingerprint density at radius 3 is 1.70 bits per heavy atom. The van der Waals surface area contributed by atoms with Gasteiger partial charge in [-0.05, 0) is 71.0 Å². The summed E-state index contributed by atoms with van der Waals surface area (Å²) in [5.41, 5.74) is 14.2. The zero-order valence-corrected chi connectivity index (χ0v) is 25.3. The molecule has 3 heterocycles. The molecule has 0 fully saturated rings. The van der Waals surface area contributed by atoms with Gasteiger partial charge in [0.15, 0.2) is 0 Å². The van der Waals surface area contributed by atoms with E-state index in [9.17, 15) is 0 Å². The molecule has 4 heteroatoms. The Bertz CT molecular complexity index is 2320. The van der Waals surface area contributed by atoms with Crippen LogP contribution in [-0.4, -0.2) is 17.3 Å². The van der Waals surface area contributed by atoms with Crippen LogP contribution in [0.15, 0.2) is 175 Å². The topological polar surface area (TPSA) is 11.4 Å². The summed E-state index contributed by atoms with van der Waals surface area (Å²) in [6.07, 6.45) is 3.38. The molecule has 1 unspecified atom stereocenters. The Morgan fingerprint density at radius 1 is 0.500 bits per heavy atom. The molecule has 0 radical (unpaired) electrons. The summed E-state index contributed by atoms with van der Waals surface area (Å²) in [5.74, 6) is 0. The van der Waals surface area contributed by atoms with Gasteiger partial charge in [0.2, 0.25) is 6.71 Å². The summed E-state index contributed by atoms with van der Waals surface area (Å²) < 4.78 is 2.52. The SMILES string of the molecule is C1=C(n2c3ccccc3c3ccccc32)CC2C3=C1N(c1ccccc1)c1ccccc1B3c1ccccc1N2c1ccccc1. The van der Waals surface area contributed by atoms with E-state index in [-0.39, 0.29) is 12.8 Å². The Labute approximate surface area is 269 Å². The predicted molar refractivity (Wildman–Crippen MR) is 194 cm³/mol. The molecule has 1 aliphatic carbocycles. The molecular formula is C42H30BN3. The van der Waals surface area contributed by atoms with Crippen LogP contribution in [0.4, 0.5) is 22.7 Å². The van der Waals surface area contributed by atoms with Gasteiger partial charge >= 0.3 is 0 Å². The first-order valence-corrected chi connectivity index (χ1v) is 16.2. The second-order valence-electron chi connectivity index (χ2n) is 12.5. The smallest absolute Gasteiger partial charge is 0.247 e. The van der Waals surface area contributed by atoms with Gasteiger partial charge in [0, 0.05) is 51.3 Å². The van der Waals surface area contributed by atoms with E-state index in [0.717, 1.165) is 6.42 Å². The minimum absolute atomic E-state index is 0.122. The maximum Gasteiger partial charge on any atom is 0.247 e. The molecule has 0 saturated heterocycles. The van der Waals surface area contributed by atoms with Crippen molar-refractivity contribution in [3.8, 4) is 0 Å². The molecule has 0 saturated carbocycles. The highest BCUT2D eigenvalue weighted by molar-refractivity contribution is 6.94. The quantitative estimate of drug-likeness (QED) is 0.192. The van der Waals surface area contributed by atoms with E-state index in [2.05, 4.69) is 178 Å². The number of hydrogen-bond donors (Lipinski definition) is 0. The zero-order valence-electron chi connectivity index (χ0n) is 25.3. The van der Waals surface area contributed by atoms with E-state index in [1.807, 2.05) is 0 Å². The van der Waals surface area contributed by atoms with Crippen molar-refractivity contribution in [2.75, 3.05) is 9.80 Å². The Hall–Kier alpha value is -5.74. The Kier molecular flexibility index (Phi) is 5.50. The van der Waals surface area contributed by atoms with Crippen LogP contribution in [0, 0.1) is 0 Å². The first-order valence-electron chi connectivity index (χ1n) is 16.2. The van der Waals surface area contributed by atoms with Gasteiger partial charge in [-0.1, -0.05) is 109 Å². The van der Waals surface area contributed by atoms with Crippen LogP contribution in [0.3, 0.4) is 0 Å². The molecule has 10 rings (SSSR count). The minimum Gasteiger partial charge on any atom is -0.335 e. The van der Waals surface area contributed by atoms with Crippen molar-refractivity contribution in [1.29, 1.82) is 0 Å². The van der Waals surface area contributed by atoms with Crippen molar-refractivity contribution < 1.29 is 0 Å². The molecule has 1 aromatic heterocycles. The number of rotatable bonds is 3. The number of anilines is 4. The fraction of sp³-hybridized carbons (Fsp3) is 0.0476. The number of benzene rings is 6. The number of aromatic nitrogens is 1. The second kappa shape index (κ2) is 9.88. The first kappa shape index (κ1) is 25.6. The third-order valence-electron chi connectivity index (χ3n) is 10.1. The number of allylic oxidation sites excluding steroid dienone is 1. The lowest BCUT2D eigenvalue weighted by atomic mass is 9.31. The molecule has 6 aromatic carbocycles. The minimum atomic E-state index is 0.122. The van der Waals surface area contributed by atoms with Crippen LogP contribution >= 0.6 is 0 Å². The van der Waals surface area contributed by atoms with Crippen LogP contribution in [0.25, 0.3) is 27.5 Å². The highest BCUT2D eigenvalue weighted by atomic mass is 15.2. The molecule has 0 amide bonds. The number of fused-ring (bicyclic) bond motifs is 7. The molecule has 0 bridgehead atoms. The van der Waals surface area contributed by atoms with Crippen LogP contribution in [0.5, 0.6) is 0 Å². The van der Waals surface area contributed by atoms with Crippen LogP contribution in [0.2, 0.25) is 0 Å². The highest BCUT2D eigenvalue weighted by Crippen LogP contribution is 2.48. The van der Waals surface area contributed by atoms with Gasteiger partial charge in [-0.15, -0.1) is 0 Å². The third-order valence-corrected chi connectivity index (χ3v) is 10.1. The van der Waals surface area contributed by atoms with Crippen molar-refractivity contribution in [2.24, 2.45) is 0 Å². The van der Waals surface area contributed by atoms with Gasteiger partial charge in [0.25, 0.3) is 0 Å². The van der Waals surface area contributed by atoms with Crippen LogP contribution in [-0.2, 0) is 0 Å². The van der Waals surface area contributed by atoms with Gasteiger partial charge in [0.05, 0.1) is 17.1 Å². The molecule has 2 aliphatic heterocycles. The Morgan fingerprint density at radius 2 is 1.02 bits per heavy atom. The maximum atomic E-state index is 2.61. The lowest BCUT2D eigenvalue weighted by molar-refractivity contribution is 0.745. The summed E-state index contributed by atoms with van der Waals surface area (Å²) in [6.45, 7) is 0.170. The molecule has 7 aromatic rings.